The lowest BCUT2D eigenvalue weighted by atomic mass is 9.97. The fourth-order valence-corrected chi connectivity index (χ4v) is 4.53. The van der Waals surface area contributed by atoms with Gasteiger partial charge in [-0.15, -0.1) is 0 Å². The molecule has 0 radical (unpaired) electrons. The summed E-state index contributed by atoms with van der Waals surface area (Å²) in [6, 6.07) is 1.82. The Morgan fingerprint density at radius 2 is 2.00 bits per heavy atom. The summed E-state index contributed by atoms with van der Waals surface area (Å²) < 4.78 is 5.14. The molecule has 0 aromatic carbocycles. The third-order valence-electron chi connectivity index (χ3n) is 5.27. The van der Waals surface area contributed by atoms with Gasteiger partial charge in [0, 0.05) is 17.7 Å². The number of Topliss-reactive ketones (excluding diaryl/α,β-unsaturated/α-hetero) is 1. The number of hydrogen-bond donors (Lipinski definition) is 0. The Kier molecular flexibility index (Phi) is 2.08. The number of aromatic nitrogens is 1. The second-order valence-corrected chi connectivity index (χ2v) is 5.99. The average Bonchev–Trinajstić information content (AvgIpc) is 2.85. The zero-order valence-electron chi connectivity index (χ0n) is 10.5. The van der Waals surface area contributed by atoms with E-state index >= 15 is 0 Å². The molecule has 4 unspecified atom stereocenters. The van der Waals surface area contributed by atoms with E-state index in [4.69, 9.17) is 4.74 Å². The first-order valence-electron chi connectivity index (χ1n) is 6.83. The summed E-state index contributed by atoms with van der Waals surface area (Å²) in [5.41, 5.74) is 0.730. The van der Waals surface area contributed by atoms with Gasteiger partial charge >= 0.3 is 0 Å². The topological polar surface area (TPSA) is 39.2 Å². The second-order valence-electron chi connectivity index (χ2n) is 5.99. The molecule has 3 aliphatic carbocycles. The van der Waals surface area contributed by atoms with Crippen LogP contribution in [0.3, 0.4) is 0 Å². The minimum absolute atomic E-state index is 0.296. The van der Waals surface area contributed by atoms with E-state index in [0.29, 0.717) is 29.3 Å². The first-order valence-corrected chi connectivity index (χ1v) is 6.83. The molecular weight excluding hydrogens is 226 g/mol. The van der Waals surface area contributed by atoms with Gasteiger partial charge in [0.25, 0.3) is 0 Å². The van der Waals surface area contributed by atoms with Gasteiger partial charge in [0.2, 0.25) is 0 Å². The maximum absolute atomic E-state index is 12.5. The zero-order chi connectivity index (χ0) is 12.3. The molecule has 4 atom stereocenters. The average molecular weight is 243 g/mol. The molecule has 2 bridgehead atoms. The molecule has 1 aromatic heterocycles. The number of pyridine rings is 1. The van der Waals surface area contributed by atoms with Crippen molar-refractivity contribution in [2.75, 3.05) is 7.11 Å². The Morgan fingerprint density at radius 1 is 1.28 bits per heavy atom. The minimum atomic E-state index is 0.296. The smallest absolute Gasteiger partial charge is 0.168 e. The molecule has 18 heavy (non-hydrogen) atoms. The van der Waals surface area contributed by atoms with Crippen LogP contribution in [-0.4, -0.2) is 17.9 Å². The van der Waals surface area contributed by atoms with Gasteiger partial charge in [-0.2, -0.15) is 0 Å². The molecule has 3 heteroatoms. The number of hydrogen-bond acceptors (Lipinski definition) is 3. The van der Waals surface area contributed by atoms with E-state index in [-0.39, 0.29) is 0 Å². The van der Waals surface area contributed by atoms with Crippen molar-refractivity contribution in [3.63, 3.8) is 0 Å². The van der Waals surface area contributed by atoms with Gasteiger partial charge in [-0.25, -0.2) is 0 Å². The molecule has 94 valence electrons. The maximum atomic E-state index is 12.5. The van der Waals surface area contributed by atoms with Crippen molar-refractivity contribution >= 4 is 5.78 Å². The van der Waals surface area contributed by atoms with Gasteiger partial charge in [0.05, 0.1) is 13.3 Å². The third-order valence-corrected chi connectivity index (χ3v) is 5.27. The van der Waals surface area contributed by atoms with Crippen LogP contribution in [0, 0.1) is 29.6 Å². The van der Waals surface area contributed by atoms with Crippen LogP contribution < -0.4 is 4.74 Å². The van der Waals surface area contributed by atoms with Crippen LogP contribution in [0.4, 0.5) is 0 Å². The Balaban J connectivity index is 1.58. The molecule has 3 saturated carbocycles. The number of methoxy groups -OCH3 is 1. The zero-order valence-corrected chi connectivity index (χ0v) is 10.5. The summed E-state index contributed by atoms with van der Waals surface area (Å²) in [4.78, 5) is 16.6. The third kappa shape index (κ3) is 1.30. The molecule has 3 fully saturated rings. The monoisotopic (exact) mass is 243 g/mol. The number of carbonyl (C=O) groups is 1. The van der Waals surface area contributed by atoms with E-state index in [1.54, 1.807) is 19.5 Å². The molecule has 0 saturated heterocycles. The van der Waals surface area contributed by atoms with E-state index in [1.807, 2.05) is 6.07 Å². The molecule has 4 rings (SSSR count). The van der Waals surface area contributed by atoms with Crippen molar-refractivity contribution in [3.05, 3.63) is 24.0 Å². The SMILES string of the molecule is COc1cncc(C(=O)C2C3C4CCC(C4)C23)c1. The molecule has 3 aliphatic rings. The predicted molar refractivity (Wildman–Crippen MR) is 66.4 cm³/mol. The molecule has 0 spiro atoms. The minimum Gasteiger partial charge on any atom is -0.495 e. The maximum Gasteiger partial charge on any atom is 0.168 e. The number of ketones is 1. The highest BCUT2D eigenvalue weighted by molar-refractivity contribution is 6.00. The van der Waals surface area contributed by atoms with Gasteiger partial charge in [0.15, 0.2) is 5.78 Å². The first-order chi connectivity index (χ1) is 8.79. The van der Waals surface area contributed by atoms with Crippen LogP contribution in [-0.2, 0) is 0 Å². The van der Waals surface area contributed by atoms with E-state index in [9.17, 15) is 4.79 Å². The summed E-state index contributed by atoms with van der Waals surface area (Å²) in [6.45, 7) is 0. The molecule has 1 heterocycles. The highest BCUT2D eigenvalue weighted by Gasteiger charge is 2.67. The number of fused-ring (bicyclic) bond motifs is 5. The van der Waals surface area contributed by atoms with Gasteiger partial charge in [-0.3, -0.25) is 9.78 Å². The van der Waals surface area contributed by atoms with Crippen LogP contribution in [0.1, 0.15) is 29.6 Å². The van der Waals surface area contributed by atoms with E-state index in [1.165, 1.54) is 19.3 Å². The van der Waals surface area contributed by atoms with Crippen molar-refractivity contribution in [2.45, 2.75) is 19.3 Å². The molecule has 1 aromatic rings. The lowest BCUT2D eigenvalue weighted by Crippen LogP contribution is -2.10. The number of ether oxygens (including phenoxy) is 1. The van der Waals surface area contributed by atoms with Crippen molar-refractivity contribution < 1.29 is 9.53 Å². The van der Waals surface area contributed by atoms with Crippen LogP contribution >= 0.6 is 0 Å². The van der Waals surface area contributed by atoms with Gasteiger partial charge in [0.1, 0.15) is 5.75 Å². The Labute approximate surface area is 107 Å². The number of nitrogens with zero attached hydrogens (tertiary/aromatic N) is 1. The van der Waals surface area contributed by atoms with E-state index in [2.05, 4.69) is 4.98 Å². The van der Waals surface area contributed by atoms with Crippen LogP contribution in [0.5, 0.6) is 5.75 Å². The molecule has 0 aliphatic heterocycles. The Morgan fingerprint density at radius 3 is 2.67 bits per heavy atom. The van der Waals surface area contributed by atoms with Crippen molar-refractivity contribution in [2.24, 2.45) is 29.6 Å². The van der Waals surface area contributed by atoms with Gasteiger partial charge < -0.3 is 4.74 Å². The van der Waals surface area contributed by atoms with Crippen LogP contribution in [0.2, 0.25) is 0 Å². The highest BCUT2D eigenvalue weighted by atomic mass is 16.5. The standard InChI is InChI=1S/C15H17NO2/c1-18-11-5-10(6-16-7-11)15(17)14-12-8-2-3-9(4-8)13(12)14/h5-9,12-14H,2-4H2,1H3. The molecule has 0 amide bonds. The van der Waals surface area contributed by atoms with Crippen molar-refractivity contribution in [1.82, 2.24) is 4.98 Å². The summed E-state index contributed by atoms with van der Waals surface area (Å²) in [5, 5.41) is 0. The van der Waals surface area contributed by atoms with E-state index in [0.717, 1.165) is 17.4 Å². The van der Waals surface area contributed by atoms with Gasteiger partial charge in [-0.1, -0.05) is 0 Å². The van der Waals surface area contributed by atoms with Crippen LogP contribution in [0.15, 0.2) is 18.5 Å². The van der Waals surface area contributed by atoms with Crippen LogP contribution in [0.25, 0.3) is 0 Å². The van der Waals surface area contributed by atoms with Gasteiger partial charge in [-0.05, 0) is 49.0 Å². The summed E-state index contributed by atoms with van der Waals surface area (Å²) >= 11 is 0. The van der Waals surface area contributed by atoms with E-state index < -0.39 is 0 Å². The summed E-state index contributed by atoms with van der Waals surface area (Å²) in [7, 11) is 1.61. The highest BCUT2D eigenvalue weighted by Crippen LogP contribution is 2.69. The molecule has 3 nitrogen and oxygen atoms in total. The Hall–Kier alpha value is -1.38. The summed E-state index contributed by atoms with van der Waals surface area (Å²) in [6.07, 6.45) is 7.42. The second kappa shape index (κ2) is 3.56. The predicted octanol–water partition coefficient (Wildman–Crippen LogP) is 2.57. The largest absolute Gasteiger partial charge is 0.495 e. The fourth-order valence-electron chi connectivity index (χ4n) is 4.53. The Bertz CT molecular complexity index is 497. The number of carbonyl (C=O) groups excluding carboxylic acids is 1. The lowest BCUT2D eigenvalue weighted by Gasteiger charge is -2.08. The van der Waals surface area contributed by atoms with Crippen molar-refractivity contribution in [3.8, 4) is 5.75 Å². The molecular formula is C15H17NO2. The summed E-state index contributed by atoms with van der Waals surface area (Å²) in [5.74, 6) is 4.35. The molecule has 0 N–H and O–H groups in total. The fraction of sp³-hybridized carbons (Fsp3) is 0.600. The first kappa shape index (κ1) is 10.5. The quantitative estimate of drug-likeness (QED) is 0.766. The normalized spacial score (nSPS) is 39.5. The van der Waals surface area contributed by atoms with Crippen molar-refractivity contribution in [1.29, 1.82) is 0 Å². The number of rotatable bonds is 3. The lowest BCUT2D eigenvalue weighted by molar-refractivity contribution is 0.0944.